The van der Waals surface area contributed by atoms with Gasteiger partial charge in [-0.2, -0.15) is 5.10 Å². The number of amides is 1. The van der Waals surface area contributed by atoms with Crippen LogP contribution in [0.4, 0.5) is 5.69 Å². The Balaban J connectivity index is 2.25. The second-order valence-electron chi connectivity index (χ2n) is 4.59. The van der Waals surface area contributed by atoms with Crippen molar-refractivity contribution in [2.75, 3.05) is 5.73 Å². The molecule has 0 saturated carbocycles. The maximum atomic E-state index is 11.4. The number of anilines is 1. The number of hydrogen-bond donors (Lipinski definition) is 2. The minimum Gasteiger partial charge on any atom is -0.486 e. The molecule has 0 spiro atoms. The van der Waals surface area contributed by atoms with Gasteiger partial charge in [-0.3, -0.25) is 9.48 Å². The van der Waals surface area contributed by atoms with Crippen molar-refractivity contribution < 1.29 is 9.53 Å². The average Bonchev–Trinajstić information content (AvgIpc) is 2.72. The number of nitrogens with two attached hydrogens (primary N) is 2. The summed E-state index contributed by atoms with van der Waals surface area (Å²) in [6.07, 6.45) is 0.822. The molecule has 0 saturated heterocycles. The van der Waals surface area contributed by atoms with E-state index in [0.29, 0.717) is 11.4 Å². The summed E-state index contributed by atoms with van der Waals surface area (Å²) in [5.41, 5.74) is 13.6. The van der Waals surface area contributed by atoms with Gasteiger partial charge in [0.25, 0.3) is 5.91 Å². The molecular formula is C14H17BrN4O2. The monoisotopic (exact) mass is 352 g/mol. The lowest BCUT2D eigenvalue weighted by Crippen LogP contribution is -2.14. The molecule has 2 aromatic rings. The predicted molar refractivity (Wildman–Crippen MR) is 84.0 cm³/mol. The Morgan fingerprint density at radius 2 is 2.19 bits per heavy atom. The highest BCUT2D eigenvalue weighted by Gasteiger charge is 2.15. The third kappa shape index (κ3) is 3.18. The van der Waals surface area contributed by atoms with Crippen LogP contribution >= 0.6 is 15.9 Å². The molecule has 6 nitrogen and oxygen atoms in total. The Bertz CT molecular complexity index is 682. The van der Waals surface area contributed by atoms with E-state index < -0.39 is 5.91 Å². The van der Waals surface area contributed by atoms with Crippen molar-refractivity contribution in [3.8, 4) is 5.75 Å². The van der Waals surface area contributed by atoms with Gasteiger partial charge in [0.15, 0.2) is 0 Å². The third-order valence-electron chi connectivity index (χ3n) is 3.14. The molecule has 0 aliphatic rings. The van der Waals surface area contributed by atoms with Crippen LogP contribution in [0.5, 0.6) is 5.75 Å². The number of ether oxygens (including phenoxy) is 1. The molecule has 112 valence electrons. The number of carbonyl (C=O) groups is 1. The predicted octanol–water partition coefficient (Wildman–Crippen LogP) is 2.01. The van der Waals surface area contributed by atoms with E-state index in [9.17, 15) is 4.79 Å². The van der Waals surface area contributed by atoms with Gasteiger partial charge in [0.1, 0.15) is 12.4 Å². The number of rotatable bonds is 5. The molecular weight excluding hydrogens is 336 g/mol. The van der Waals surface area contributed by atoms with Gasteiger partial charge in [0, 0.05) is 12.7 Å². The highest BCUT2D eigenvalue weighted by molar-refractivity contribution is 9.10. The standard InChI is InChI=1S/C14H17BrN4O2/c1-3-10-13(15)11(19(2)18-10)7-21-12-5-4-8(16)6-9(12)14(17)20/h4-6H,3,7,16H2,1-2H3,(H2,17,20). The Labute approximate surface area is 131 Å². The number of primary amides is 1. The molecule has 0 unspecified atom stereocenters. The number of nitrogen functional groups attached to an aromatic ring is 1. The first-order valence-electron chi connectivity index (χ1n) is 6.46. The molecule has 0 bridgehead atoms. The summed E-state index contributed by atoms with van der Waals surface area (Å²) in [6, 6.07) is 4.81. The summed E-state index contributed by atoms with van der Waals surface area (Å²) in [7, 11) is 1.85. The smallest absolute Gasteiger partial charge is 0.252 e. The lowest BCUT2D eigenvalue weighted by Gasteiger charge is -2.10. The van der Waals surface area contributed by atoms with Crippen LogP contribution < -0.4 is 16.2 Å². The molecule has 21 heavy (non-hydrogen) atoms. The molecule has 0 aliphatic heterocycles. The second kappa shape index (κ2) is 6.17. The Kier molecular flexibility index (Phi) is 4.52. The lowest BCUT2D eigenvalue weighted by atomic mass is 10.1. The highest BCUT2D eigenvalue weighted by Crippen LogP contribution is 2.25. The fourth-order valence-electron chi connectivity index (χ4n) is 1.99. The van der Waals surface area contributed by atoms with E-state index in [2.05, 4.69) is 21.0 Å². The van der Waals surface area contributed by atoms with E-state index >= 15 is 0 Å². The zero-order valence-corrected chi connectivity index (χ0v) is 13.5. The maximum absolute atomic E-state index is 11.4. The van der Waals surface area contributed by atoms with Crippen LogP contribution in [-0.4, -0.2) is 15.7 Å². The van der Waals surface area contributed by atoms with Crippen molar-refractivity contribution in [3.63, 3.8) is 0 Å². The molecule has 0 fully saturated rings. The molecule has 7 heteroatoms. The average molecular weight is 353 g/mol. The molecule has 1 aromatic carbocycles. The van der Waals surface area contributed by atoms with Crippen molar-refractivity contribution >= 4 is 27.5 Å². The van der Waals surface area contributed by atoms with Crippen molar-refractivity contribution in [2.24, 2.45) is 12.8 Å². The van der Waals surface area contributed by atoms with Gasteiger partial charge in [-0.15, -0.1) is 0 Å². The fraction of sp³-hybridized carbons (Fsp3) is 0.286. The first-order chi connectivity index (χ1) is 9.93. The zero-order chi connectivity index (χ0) is 15.6. The van der Waals surface area contributed by atoms with E-state index in [-0.39, 0.29) is 12.2 Å². The van der Waals surface area contributed by atoms with Gasteiger partial charge < -0.3 is 16.2 Å². The van der Waals surface area contributed by atoms with Crippen molar-refractivity contribution in [2.45, 2.75) is 20.0 Å². The molecule has 1 heterocycles. The lowest BCUT2D eigenvalue weighted by molar-refractivity contribution is 0.0996. The van der Waals surface area contributed by atoms with Gasteiger partial charge in [-0.05, 0) is 40.5 Å². The summed E-state index contributed by atoms with van der Waals surface area (Å²) in [4.78, 5) is 11.4. The van der Waals surface area contributed by atoms with Gasteiger partial charge in [0.2, 0.25) is 0 Å². The van der Waals surface area contributed by atoms with E-state index in [1.165, 1.54) is 6.07 Å². The highest BCUT2D eigenvalue weighted by atomic mass is 79.9. The number of nitrogens with zero attached hydrogens (tertiary/aromatic N) is 2. The summed E-state index contributed by atoms with van der Waals surface area (Å²) in [5.74, 6) is -0.168. The van der Waals surface area contributed by atoms with Crippen LogP contribution in [0.3, 0.4) is 0 Å². The largest absolute Gasteiger partial charge is 0.486 e. The molecule has 4 N–H and O–H groups in total. The first-order valence-corrected chi connectivity index (χ1v) is 7.25. The van der Waals surface area contributed by atoms with E-state index in [1.54, 1.807) is 16.8 Å². The molecule has 0 atom stereocenters. The van der Waals surface area contributed by atoms with Gasteiger partial charge in [-0.25, -0.2) is 0 Å². The third-order valence-corrected chi connectivity index (χ3v) is 4.05. The van der Waals surface area contributed by atoms with Crippen LogP contribution in [0, 0.1) is 0 Å². The van der Waals surface area contributed by atoms with Crippen LogP contribution in [0.1, 0.15) is 28.7 Å². The van der Waals surface area contributed by atoms with Crippen LogP contribution in [0.25, 0.3) is 0 Å². The summed E-state index contributed by atoms with van der Waals surface area (Å²) >= 11 is 3.52. The van der Waals surface area contributed by atoms with Gasteiger partial charge >= 0.3 is 0 Å². The molecule has 2 rings (SSSR count). The van der Waals surface area contributed by atoms with E-state index in [1.807, 2.05) is 14.0 Å². The van der Waals surface area contributed by atoms with Crippen molar-refractivity contribution in [3.05, 3.63) is 39.6 Å². The minimum atomic E-state index is -0.574. The number of benzene rings is 1. The van der Waals surface area contributed by atoms with Crippen LogP contribution in [-0.2, 0) is 20.1 Å². The Hall–Kier alpha value is -2.02. The summed E-state index contributed by atoms with van der Waals surface area (Å²) in [5, 5.41) is 4.39. The van der Waals surface area contributed by atoms with Crippen LogP contribution in [0.15, 0.2) is 22.7 Å². The topological polar surface area (TPSA) is 96.2 Å². The van der Waals surface area contributed by atoms with Crippen molar-refractivity contribution in [1.29, 1.82) is 0 Å². The SMILES string of the molecule is CCc1nn(C)c(COc2ccc(N)cc2C(N)=O)c1Br. The number of hydrogen-bond acceptors (Lipinski definition) is 4. The number of halogens is 1. The quantitative estimate of drug-likeness (QED) is 0.804. The summed E-state index contributed by atoms with van der Waals surface area (Å²) in [6.45, 7) is 2.30. The molecule has 1 aromatic heterocycles. The first kappa shape index (κ1) is 15.4. The van der Waals surface area contributed by atoms with E-state index in [0.717, 1.165) is 22.3 Å². The Morgan fingerprint density at radius 1 is 1.48 bits per heavy atom. The Morgan fingerprint density at radius 3 is 2.76 bits per heavy atom. The van der Waals surface area contributed by atoms with E-state index in [4.69, 9.17) is 16.2 Å². The number of aryl methyl sites for hydroxylation is 2. The van der Waals surface area contributed by atoms with Gasteiger partial charge in [0.05, 0.1) is 21.4 Å². The number of carbonyl (C=O) groups excluding carboxylic acids is 1. The molecule has 1 amide bonds. The normalized spacial score (nSPS) is 10.6. The van der Waals surface area contributed by atoms with Gasteiger partial charge in [-0.1, -0.05) is 6.92 Å². The molecule has 0 aliphatic carbocycles. The maximum Gasteiger partial charge on any atom is 0.252 e. The van der Waals surface area contributed by atoms with Crippen molar-refractivity contribution in [1.82, 2.24) is 9.78 Å². The minimum absolute atomic E-state index is 0.268. The molecule has 0 radical (unpaired) electrons. The number of aromatic nitrogens is 2. The second-order valence-corrected chi connectivity index (χ2v) is 5.39. The zero-order valence-electron chi connectivity index (χ0n) is 11.9. The van der Waals surface area contributed by atoms with Crippen LogP contribution in [0.2, 0.25) is 0 Å². The fourth-order valence-corrected chi connectivity index (χ4v) is 2.72. The summed E-state index contributed by atoms with van der Waals surface area (Å²) < 4.78 is 8.39.